The number of H-pyrrole nitrogens is 1. The van der Waals surface area contributed by atoms with Gasteiger partial charge in [-0.25, -0.2) is 4.39 Å². The van der Waals surface area contributed by atoms with Gasteiger partial charge >= 0.3 is 0 Å². The zero-order valence-electron chi connectivity index (χ0n) is 18.7. The van der Waals surface area contributed by atoms with Gasteiger partial charge in [0, 0.05) is 40.5 Å². The second-order valence-corrected chi connectivity index (χ2v) is 8.19. The number of aromatic amines is 1. The lowest BCUT2D eigenvalue weighted by Gasteiger charge is -2.30. The number of fused-ring (bicyclic) bond motifs is 2. The molecule has 0 radical (unpaired) electrons. The summed E-state index contributed by atoms with van der Waals surface area (Å²) in [5.41, 5.74) is 4.05. The van der Waals surface area contributed by atoms with Gasteiger partial charge in [-0.1, -0.05) is 6.07 Å². The average molecular weight is 458 g/mol. The van der Waals surface area contributed by atoms with Crippen LogP contribution in [-0.4, -0.2) is 29.9 Å². The summed E-state index contributed by atoms with van der Waals surface area (Å²) in [6, 6.07) is 18.5. The van der Waals surface area contributed by atoms with E-state index in [2.05, 4.69) is 10.3 Å². The van der Waals surface area contributed by atoms with E-state index in [0.29, 0.717) is 30.1 Å². The summed E-state index contributed by atoms with van der Waals surface area (Å²) < 4.78 is 18.8. The summed E-state index contributed by atoms with van der Waals surface area (Å²) in [5, 5.41) is 3.86. The predicted molar refractivity (Wildman–Crippen MR) is 130 cm³/mol. The van der Waals surface area contributed by atoms with Crippen LogP contribution in [0.5, 0.6) is 5.75 Å². The lowest BCUT2D eigenvalue weighted by atomic mass is 9.99. The standard InChI is InChI=1S/C27H24FN3O3/c1-2-34-20-13-10-18-15-24(29-23(18)16-20)27(33)31-14-4-5-21-22(6-3-7-25(21)31)30-26(32)17-8-11-19(28)12-9-17/h3,6-13,15-16,29H,2,4-5,14H2,1H3,(H,30,32). The molecule has 6 nitrogen and oxygen atoms in total. The highest BCUT2D eigenvalue weighted by Gasteiger charge is 2.27. The van der Waals surface area contributed by atoms with E-state index < -0.39 is 5.82 Å². The molecule has 0 fully saturated rings. The van der Waals surface area contributed by atoms with Crippen LogP contribution in [0.3, 0.4) is 0 Å². The summed E-state index contributed by atoms with van der Waals surface area (Å²) in [4.78, 5) is 31.1. The number of benzene rings is 3. The summed E-state index contributed by atoms with van der Waals surface area (Å²) in [6.07, 6.45) is 1.51. The van der Waals surface area contributed by atoms with E-state index in [1.165, 1.54) is 24.3 Å². The van der Waals surface area contributed by atoms with Crippen molar-refractivity contribution in [2.24, 2.45) is 0 Å². The number of aromatic nitrogens is 1. The molecular weight excluding hydrogens is 433 g/mol. The highest BCUT2D eigenvalue weighted by atomic mass is 19.1. The average Bonchev–Trinajstić information content (AvgIpc) is 3.27. The number of amides is 2. The summed E-state index contributed by atoms with van der Waals surface area (Å²) in [6.45, 7) is 3.08. The highest BCUT2D eigenvalue weighted by Crippen LogP contribution is 2.34. The molecule has 172 valence electrons. The Kier molecular flexibility index (Phi) is 5.76. The third-order valence-corrected chi connectivity index (χ3v) is 5.99. The fraction of sp³-hybridized carbons (Fsp3) is 0.185. The summed E-state index contributed by atoms with van der Waals surface area (Å²) in [7, 11) is 0. The Balaban J connectivity index is 1.42. The van der Waals surface area contributed by atoms with Gasteiger partial charge in [0.05, 0.1) is 6.61 Å². The van der Waals surface area contributed by atoms with Gasteiger partial charge in [-0.3, -0.25) is 9.59 Å². The van der Waals surface area contributed by atoms with Crippen LogP contribution in [0.1, 0.15) is 39.8 Å². The molecule has 2 amide bonds. The molecule has 0 aliphatic carbocycles. The van der Waals surface area contributed by atoms with Crippen molar-refractivity contribution in [1.82, 2.24) is 4.98 Å². The maximum atomic E-state index is 13.5. The molecule has 0 unspecified atom stereocenters. The third kappa shape index (κ3) is 4.12. The summed E-state index contributed by atoms with van der Waals surface area (Å²) >= 11 is 0. The minimum atomic E-state index is -0.395. The lowest BCUT2D eigenvalue weighted by Crippen LogP contribution is -2.36. The van der Waals surface area contributed by atoms with Crippen LogP contribution >= 0.6 is 0 Å². The van der Waals surface area contributed by atoms with Crippen LogP contribution in [0, 0.1) is 5.82 Å². The first-order chi connectivity index (χ1) is 16.5. The van der Waals surface area contributed by atoms with Crippen molar-refractivity contribution >= 4 is 34.1 Å². The number of halogens is 1. The van der Waals surface area contributed by atoms with Gasteiger partial charge in [0.1, 0.15) is 17.3 Å². The normalized spacial score (nSPS) is 12.9. The number of ether oxygens (including phenoxy) is 1. The van der Waals surface area contributed by atoms with E-state index in [9.17, 15) is 14.0 Å². The maximum absolute atomic E-state index is 13.5. The maximum Gasteiger partial charge on any atom is 0.274 e. The number of carbonyl (C=O) groups excluding carboxylic acids is 2. The van der Waals surface area contributed by atoms with Crippen molar-refractivity contribution in [2.75, 3.05) is 23.4 Å². The Labute approximate surface area is 196 Å². The van der Waals surface area contributed by atoms with Crippen LogP contribution in [0.2, 0.25) is 0 Å². The molecule has 3 aromatic carbocycles. The molecule has 5 rings (SSSR count). The molecule has 0 spiro atoms. The van der Waals surface area contributed by atoms with Gasteiger partial charge in [0.15, 0.2) is 0 Å². The number of rotatable bonds is 5. The molecule has 0 atom stereocenters. The number of carbonyl (C=O) groups is 2. The first-order valence-electron chi connectivity index (χ1n) is 11.3. The lowest BCUT2D eigenvalue weighted by molar-refractivity contribution is 0.0980. The molecule has 4 aromatic rings. The predicted octanol–water partition coefficient (Wildman–Crippen LogP) is 5.55. The number of hydrogen-bond donors (Lipinski definition) is 2. The van der Waals surface area contributed by atoms with Crippen molar-refractivity contribution in [2.45, 2.75) is 19.8 Å². The van der Waals surface area contributed by atoms with Crippen LogP contribution in [0.15, 0.2) is 66.7 Å². The molecular formula is C27H24FN3O3. The van der Waals surface area contributed by atoms with Crippen LogP contribution in [0.25, 0.3) is 10.9 Å². The van der Waals surface area contributed by atoms with Crippen LogP contribution in [0.4, 0.5) is 15.8 Å². The topological polar surface area (TPSA) is 74.4 Å². The minimum Gasteiger partial charge on any atom is -0.494 e. The Morgan fingerprint density at radius 2 is 1.91 bits per heavy atom. The van der Waals surface area contributed by atoms with E-state index in [1.807, 2.05) is 49.4 Å². The Morgan fingerprint density at radius 3 is 2.71 bits per heavy atom. The fourth-order valence-electron chi connectivity index (χ4n) is 4.37. The molecule has 0 saturated carbocycles. The SMILES string of the molecule is CCOc1ccc2cc(C(=O)N3CCCc4c(NC(=O)c5ccc(F)cc5)cccc43)[nH]c2c1. The number of nitrogens with zero attached hydrogens (tertiary/aromatic N) is 1. The molecule has 0 saturated heterocycles. The van der Waals surface area contributed by atoms with Gasteiger partial charge in [0.25, 0.3) is 11.8 Å². The monoisotopic (exact) mass is 457 g/mol. The van der Waals surface area contributed by atoms with E-state index >= 15 is 0 Å². The largest absolute Gasteiger partial charge is 0.494 e. The van der Waals surface area contributed by atoms with E-state index in [1.54, 1.807) is 4.90 Å². The zero-order valence-corrected chi connectivity index (χ0v) is 18.7. The van der Waals surface area contributed by atoms with Crippen LogP contribution in [-0.2, 0) is 6.42 Å². The molecule has 7 heteroatoms. The highest BCUT2D eigenvalue weighted by molar-refractivity contribution is 6.09. The smallest absolute Gasteiger partial charge is 0.274 e. The number of anilines is 2. The zero-order chi connectivity index (χ0) is 23.7. The van der Waals surface area contributed by atoms with Crippen molar-refractivity contribution in [1.29, 1.82) is 0 Å². The van der Waals surface area contributed by atoms with Gasteiger partial charge < -0.3 is 19.9 Å². The van der Waals surface area contributed by atoms with E-state index in [4.69, 9.17) is 4.74 Å². The first kappa shape index (κ1) is 21.7. The molecule has 1 aliphatic heterocycles. The Morgan fingerprint density at radius 1 is 1.09 bits per heavy atom. The molecule has 1 aromatic heterocycles. The Bertz CT molecular complexity index is 1380. The van der Waals surface area contributed by atoms with Gasteiger partial charge in [0.2, 0.25) is 0 Å². The van der Waals surface area contributed by atoms with E-state index in [0.717, 1.165) is 40.7 Å². The van der Waals surface area contributed by atoms with Gasteiger partial charge in [-0.15, -0.1) is 0 Å². The number of hydrogen-bond acceptors (Lipinski definition) is 3. The fourth-order valence-corrected chi connectivity index (χ4v) is 4.37. The third-order valence-electron chi connectivity index (χ3n) is 5.99. The van der Waals surface area contributed by atoms with Crippen molar-refractivity contribution in [3.05, 3.63) is 89.4 Å². The van der Waals surface area contributed by atoms with Crippen molar-refractivity contribution < 1.29 is 18.7 Å². The molecule has 2 heterocycles. The Hall–Kier alpha value is -4.13. The summed E-state index contributed by atoms with van der Waals surface area (Å²) in [5.74, 6) is -0.0933. The van der Waals surface area contributed by atoms with E-state index in [-0.39, 0.29) is 11.8 Å². The molecule has 1 aliphatic rings. The van der Waals surface area contributed by atoms with Gasteiger partial charge in [-0.2, -0.15) is 0 Å². The first-order valence-corrected chi connectivity index (χ1v) is 11.3. The quantitative estimate of drug-likeness (QED) is 0.413. The molecule has 34 heavy (non-hydrogen) atoms. The van der Waals surface area contributed by atoms with Crippen molar-refractivity contribution in [3.8, 4) is 5.75 Å². The second kappa shape index (κ2) is 9.02. The second-order valence-electron chi connectivity index (χ2n) is 8.19. The molecule has 2 N–H and O–H groups in total. The molecule has 0 bridgehead atoms. The number of nitrogens with one attached hydrogen (secondary N) is 2. The minimum absolute atomic E-state index is 0.128. The van der Waals surface area contributed by atoms with Gasteiger partial charge in [-0.05, 0) is 79.9 Å². The van der Waals surface area contributed by atoms with Crippen LogP contribution < -0.4 is 15.0 Å². The van der Waals surface area contributed by atoms with Crippen molar-refractivity contribution in [3.63, 3.8) is 0 Å².